The molecule has 0 saturated heterocycles. The molecule has 1 unspecified atom stereocenters. The molecule has 0 aliphatic heterocycles. The molecule has 0 amide bonds. The third-order valence-corrected chi connectivity index (χ3v) is 2.86. The van der Waals surface area contributed by atoms with E-state index in [-0.39, 0.29) is 16.7 Å². The number of benzene rings is 1. The maximum Gasteiger partial charge on any atom is 0.128 e. The Morgan fingerprint density at radius 2 is 2.00 bits per heavy atom. The highest BCUT2D eigenvalue weighted by Crippen LogP contribution is 2.30. The van der Waals surface area contributed by atoms with Gasteiger partial charge in [-0.3, -0.25) is 0 Å². The molecule has 4 heteroatoms. The Labute approximate surface area is 105 Å². The molecular formula is C13H16ClFN2. The Hall–Kier alpha value is -1.09. The highest BCUT2D eigenvalue weighted by Gasteiger charge is 2.23. The second kappa shape index (κ2) is 3.98. The van der Waals surface area contributed by atoms with Crippen molar-refractivity contribution in [2.45, 2.75) is 38.6 Å². The molecule has 2 rings (SSSR count). The van der Waals surface area contributed by atoms with E-state index >= 15 is 0 Å². The van der Waals surface area contributed by atoms with E-state index in [4.69, 9.17) is 11.6 Å². The SMILES string of the molecule is CC(Cl)c1nc2cc(F)ccc2n1C(C)(C)C. The van der Waals surface area contributed by atoms with Crippen molar-refractivity contribution >= 4 is 22.6 Å². The summed E-state index contributed by atoms with van der Waals surface area (Å²) in [5.41, 5.74) is 1.44. The molecule has 92 valence electrons. The lowest BCUT2D eigenvalue weighted by Crippen LogP contribution is -2.24. The minimum atomic E-state index is -0.273. The quantitative estimate of drug-likeness (QED) is 0.697. The van der Waals surface area contributed by atoms with Crippen LogP contribution in [0, 0.1) is 5.82 Å². The first-order chi connectivity index (χ1) is 7.80. The minimum absolute atomic E-state index is 0.134. The van der Waals surface area contributed by atoms with Crippen LogP contribution in [-0.2, 0) is 5.54 Å². The Morgan fingerprint density at radius 3 is 2.53 bits per heavy atom. The molecule has 0 aliphatic rings. The average molecular weight is 255 g/mol. The molecule has 1 heterocycles. The normalized spacial score (nSPS) is 14.2. The van der Waals surface area contributed by atoms with Crippen LogP contribution >= 0.6 is 11.6 Å². The molecule has 17 heavy (non-hydrogen) atoms. The summed E-state index contributed by atoms with van der Waals surface area (Å²) < 4.78 is 15.3. The van der Waals surface area contributed by atoms with Gasteiger partial charge in [-0.25, -0.2) is 9.37 Å². The number of hydrogen-bond acceptors (Lipinski definition) is 1. The number of nitrogens with zero attached hydrogens (tertiary/aromatic N) is 2. The smallest absolute Gasteiger partial charge is 0.128 e. The summed E-state index contributed by atoms with van der Waals surface area (Å²) in [5.74, 6) is 0.504. The van der Waals surface area contributed by atoms with E-state index in [2.05, 4.69) is 30.3 Å². The van der Waals surface area contributed by atoms with Crippen LogP contribution in [0.15, 0.2) is 18.2 Å². The van der Waals surface area contributed by atoms with Gasteiger partial charge in [-0.05, 0) is 39.8 Å². The van der Waals surface area contributed by atoms with Crippen LogP contribution in [0.4, 0.5) is 4.39 Å². The van der Waals surface area contributed by atoms with Crippen LogP contribution in [0.25, 0.3) is 11.0 Å². The van der Waals surface area contributed by atoms with Gasteiger partial charge in [-0.2, -0.15) is 0 Å². The van der Waals surface area contributed by atoms with Gasteiger partial charge in [-0.1, -0.05) is 0 Å². The third kappa shape index (κ3) is 2.16. The number of alkyl halides is 1. The van der Waals surface area contributed by atoms with Crippen molar-refractivity contribution in [1.82, 2.24) is 9.55 Å². The van der Waals surface area contributed by atoms with E-state index in [9.17, 15) is 4.39 Å². The van der Waals surface area contributed by atoms with Crippen LogP contribution in [0.5, 0.6) is 0 Å². The topological polar surface area (TPSA) is 17.8 Å². The van der Waals surface area contributed by atoms with Crippen molar-refractivity contribution < 1.29 is 4.39 Å². The van der Waals surface area contributed by atoms with Crippen molar-refractivity contribution in [2.75, 3.05) is 0 Å². The molecule has 0 saturated carbocycles. The summed E-state index contributed by atoms with van der Waals surface area (Å²) in [4.78, 5) is 4.43. The van der Waals surface area contributed by atoms with Crippen molar-refractivity contribution in [3.05, 3.63) is 29.8 Å². The van der Waals surface area contributed by atoms with Gasteiger partial charge in [0.25, 0.3) is 0 Å². The summed E-state index contributed by atoms with van der Waals surface area (Å²) in [5, 5.41) is -0.204. The number of fused-ring (bicyclic) bond motifs is 1. The first-order valence-electron chi connectivity index (χ1n) is 5.63. The number of imidazole rings is 1. The molecule has 0 fully saturated rings. The van der Waals surface area contributed by atoms with E-state index < -0.39 is 0 Å². The number of hydrogen-bond donors (Lipinski definition) is 0. The van der Waals surface area contributed by atoms with Gasteiger partial charge in [0.15, 0.2) is 0 Å². The lowest BCUT2D eigenvalue weighted by Gasteiger charge is -2.25. The lowest BCUT2D eigenvalue weighted by atomic mass is 10.1. The summed E-state index contributed by atoms with van der Waals surface area (Å²) >= 11 is 6.15. The molecule has 0 radical (unpaired) electrons. The van der Waals surface area contributed by atoms with E-state index in [1.54, 1.807) is 6.07 Å². The van der Waals surface area contributed by atoms with E-state index in [0.717, 1.165) is 11.3 Å². The molecule has 0 aliphatic carbocycles. The first kappa shape index (κ1) is 12.4. The highest BCUT2D eigenvalue weighted by atomic mass is 35.5. The Bertz CT molecular complexity index is 552. The monoisotopic (exact) mass is 254 g/mol. The maximum absolute atomic E-state index is 13.2. The van der Waals surface area contributed by atoms with Gasteiger partial charge in [0.05, 0.1) is 16.4 Å². The van der Waals surface area contributed by atoms with Crippen molar-refractivity contribution in [1.29, 1.82) is 0 Å². The summed E-state index contributed by atoms with van der Waals surface area (Å²) in [6.45, 7) is 8.13. The fourth-order valence-electron chi connectivity index (χ4n) is 2.04. The standard InChI is InChI=1S/C13H16ClFN2/c1-8(14)12-16-10-7-9(15)5-6-11(10)17(12)13(2,3)4/h5-8H,1-4H3. The molecule has 2 aromatic rings. The van der Waals surface area contributed by atoms with Gasteiger partial charge in [0.2, 0.25) is 0 Å². The predicted octanol–water partition coefficient (Wildman–Crippen LogP) is 4.23. The van der Waals surface area contributed by atoms with Gasteiger partial charge in [-0.15, -0.1) is 11.6 Å². The first-order valence-corrected chi connectivity index (χ1v) is 6.07. The second-order valence-electron chi connectivity index (χ2n) is 5.23. The third-order valence-electron chi connectivity index (χ3n) is 2.67. The van der Waals surface area contributed by atoms with Crippen molar-refractivity contribution in [3.8, 4) is 0 Å². The van der Waals surface area contributed by atoms with E-state index in [0.29, 0.717) is 5.52 Å². The minimum Gasteiger partial charge on any atom is -0.321 e. The zero-order valence-corrected chi connectivity index (χ0v) is 11.2. The number of halogens is 2. The second-order valence-corrected chi connectivity index (χ2v) is 5.88. The molecule has 0 spiro atoms. The molecule has 2 nitrogen and oxygen atoms in total. The fourth-order valence-corrected chi connectivity index (χ4v) is 2.19. The highest BCUT2D eigenvalue weighted by molar-refractivity contribution is 6.20. The van der Waals surface area contributed by atoms with Gasteiger partial charge < -0.3 is 4.57 Å². The van der Waals surface area contributed by atoms with Crippen LogP contribution in [0.1, 0.15) is 38.9 Å². The maximum atomic E-state index is 13.2. The van der Waals surface area contributed by atoms with Crippen LogP contribution < -0.4 is 0 Å². The predicted molar refractivity (Wildman–Crippen MR) is 69.0 cm³/mol. The zero-order valence-electron chi connectivity index (χ0n) is 10.5. The molecule has 0 bridgehead atoms. The van der Waals surface area contributed by atoms with Crippen LogP contribution in [0.3, 0.4) is 0 Å². The Balaban J connectivity index is 2.81. The van der Waals surface area contributed by atoms with Crippen molar-refractivity contribution in [2.24, 2.45) is 0 Å². The lowest BCUT2D eigenvalue weighted by molar-refractivity contribution is 0.394. The van der Waals surface area contributed by atoms with E-state index in [1.807, 2.05) is 6.92 Å². The van der Waals surface area contributed by atoms with Crippen LogP contribution in [0.2, 0.25) is 0 Å². The van der Waals surface area contributed by atoms with Gasteiger partial charge >= 0.3 is 0 Å². The van der Waals surface area contributed by atoms with E-state index in [1.165, 1.54) is 12.1 Å². The number of aromatic nitrogens is 2. The van der Waals surface area contributed by atoms with Gasteiger partial charge in [0.1, 0.15) is 11.6 Å². The van der Waals surface area contributed by atoms with Crippen molar-refractivity contribution in [3.63, 3.8) is 0 Å². The van der Waals surface area contributed by atoms with Crippen LogP contribution in [-0.4, -0.2) is 9.55 Å². The van der Waals surface area contributed by atoms with Gasteiger partial charge in [0, 0.05) is 11.6 Å². The fraction of sp³-hybridized carbons (Fsp3) is 0.462. The summed E-state index contributed by atoms with van der Waals surface area (Å²) in [6, 6.07) is 4.65. The zero-order chi connectivity index (χ0) is 12.8. The molecule has 1 aromatic carbocycles. The number of rotatable bonds is 1. The summed E-state index contributed by atoms with van der Waals surface area (Å²) in [7, 11) is 0. The Morgan fingerprint density at radius 1 is 1.35 bits per heavy atom. The summed E-state index contributed by atoms with van der Waals surface area (Å²) in [6.07, 6.45) is 0. The average Bonchev–Trinajstić information content (AvgIpc) is 2.55. The Kier molecular flexibility index (Phi) is 2.90. The molecule has 1 atom stereocenters. The molecular weight excluding hydrogens is 239 g/mol. The molecule has 0 N–H and O–H groups in total. The molecule has 1 aromatic heterocycles. The largest absolute Gasteiger partial charge is 0.321 e.